The number of rotatable bonds is 7. The third-order valence-corrected chi connectivity index (χ3v) is 4.80. The van der Waals surface area contributed by atoms with E-state index in [4.69, 9.17) is 0 Å². The van der Waals surface area contributed by atoms with Gasteiger partial charge in [-0.05, 0) is 53.6 Å². The molecule has 2 aromatic carbocycles. The molecule has 1 N–H and O–H groups in total. The van der Waals surface area contributed by atoms with Crippen LogP contribution in [0.25, 0.3) is 11.1 Å². The lowest BCUT2D eigenvalue weighted by Gasteiger charge is -2.21. The first kappa shape index (κ1) is 21.0. The minimum absolute atomic E-state index is 0.0821. The maximum atomic E-state index is 13.7. The zero-order chi connectivity index (χ0) is 20.2. The van der Waals surface area contributed by atoms with Crippen molar-refractivity contribution in [2.24, 2.45) is 0 Å². The number of benzene rings is 2. The molecule has 7 heteroatoms. The summed E-state index contributed by atoms with van der Waals surface area (Å²) in [5.74, 6) is -0.119. The Morgan fingerprint density at radius 1 is 1.19 bits per heavy atom. The average Bonchev–Trinajstić information content (AvgIpc) is 2.57. The highest BCUT2D eigenvalue weighted by atomic mass is 32.2. The number of halogens is 3. The van der Waals surface area contributed by atoms with E-state index < -0.39 is 21.8 Å². The Kier molecular flexibility index (Phi) is 6.36. The van der Waals surface area contributed by atoms with Gasteiger partial charge < -0.3 is 0 Å². The van der Waals surface area contributed by atoms with Crippen LogP contribution in [0.3, 0.4) is 0 Å². The van der Waals surface area contributed by atoms with Crippen molar-refractivity contribution in [3.05, 3.63) is 66.2 Å². The molecule has 3 nitrogen and oxygen atoms in total. The summed E-state index contributed by atoms with van der Waals surface area (Å²) < 4.78 is 66.3. The van der Waals surface area contributed by atoms with E-state index in [1.807, 2.05) is 6.92 Å². The fourth-order valence-electron chi connectivity index (χ4n) is 3.01. The topological polar surface area (TPSA) is 46.2 Å². The van der Waals surface area contributed by atoms with Crippen LogP contribution >= 0.6 is 0 Å². The maximum absolute atomic E-state index is 13.7. The first-order valence-corrected chi connectivity index (χ1v) is 10.3. The van der Waals surface area contributed by atoms with Crippen LogP contribution in [0.15, 0.2) is 55.1 Å². The summed E-state index contributed by atoms with van der Waals surface area (Å²) in [6, 6.07) is 10.2. The van der Waals surface area contributed by atoms with Gasteiger partial charge in [0.2, 0.25) is 10.0 Å². The fourth-order valence-corrected chi connectivity index (χ4v) is 3.57. The minimum Gasteiger partial charge on any atom is -0.284 e. The molecule has 1 unspecified atom stereocenters. The van der Waals surface area contributed by atoms with Crippen molar-refractivity contribution in [1.29, 1.82) is 0 Å². The number of nitrogens with one attached hydrogen (secondary N) is 1. The van der Waals surface area contributed by atoms with Gasteiger partial charge in [0.15, 0.2) is 0 Å². The molecule has 0 bridgehead atoms. The lowest BCUT2D eigenvalue weighted by Crippen LogP contribution is -2.11. The average molecular weight is 397 g/mol. The van der Waals surface area contributed by atoms with Crippen LogP contribution < -0.4 is 4.72 Å². The van der Waals surface area contributed by atoms with Gasteiger partial charge in [-0.25, -0.2) is 8.42 Å². The molecule has 0 saturated carbocycles. The molecular formula is C20H22F3NO2S. The van der Waals surface area contributed by atoms with Crippen molar-refractivity contribution in [1.82, 2.24) is 0 Å². The fraction of sp³-hybridized carbons (Fsp3) is 0.300. The first-order valence-electron chi connectivity index (χ1n) is 8.42. The van der Waals surface area contributed by atoms with Crippen molar-refractivity contribution >= 4 is 15.7 Å². The lowest BCUT2D eigenvalue weighted by molar-refractivity contribution is -0.137. The molecule has 2 rings (SSSR count). The van der Waals surface area contributed by atoms with Gasteiger partial charge in [-0.2, -0.15) is 13.2 Å². The molecule has 146 valence electrons. The summed E-state index contributed by atoms with van der Waals surface area (Å²) in [4.78, 5) is 0. The van der Waals surface area contributed by atoms with Crippen molar-refractivity contribution < 1.29 is 21.6 Å². The summed E-state index contributed by atoms with van der Waals surface area (Å²) in [6.45, 7) is 5.54. The van der Waals surface area contributed by atoms with Crippen LogP contribution in [0.5, 0.6) is 0 Å². The number of anilines is 1. The van der Waals surface area contributed by atoms with Crippen molar-refractivity contribution in [3.63, 3.8) is 0 Å². The van der Waals surface area contributed by atoms with Crippen molar-refractivity contribution in [3.8, 4) is 11.1 Å². The monoisotopic (exact) mass is 397 g/mol. The van der Waals surface area contributed by atoms with E-state index >= 15 is 0 Å². The number of sulfonamides is 1. The molecule has 0 fully saturated rings. The van der Waals surface area contributed by atoms with E-state index in [2.05, 4.69) is 11.3 Å². The molecule has 2 aromatic rings. The van der Waals surface area contributed by atoms with Crippen LogP contribution in [0.2, 0.25) is 0 Å². The van der Waals surface area contributed by atoms with Crippen LogP contribution in [0.1, 0.15) is 36.8 Å². The largest absolute Gasteiger partial charge is 0.417 e. The highest BCUT2D eigenvalue weighted by Gasteiger charge is 2.35. The van der Waals surface area contributed by atoms with Gasteiger partial charge in [-0.15, -0.1) is 6.58 Å². The molecule has 0 amide bonds. The maximum Gasteiger partial charge on any atom is 0.417 e. The Morgan fingerprint density at radius 2 is 1.85 bits per heavy atom. The zero-order valence-electron chi connectivity index (χ0n) is 15.2. The Morgan fingerprint density at radius 3 is 2.44 bits per heavy atom. The van der Waals surface area contributed by atoms with E-state index in [1.54, 1.807) is 18.2 Å². The minimum atomic E-state index is -4.52. The Labute approximate surface area is 158 Å². The molecule has 27 heavy (non-hydrogen) atoms. The van der Waals surface area contributed by atoms with E-state index in [0.717, 1.165) is 12.3 Å². The molecule has 0 aliphatic carbocycles. The summed E-state index contributed by atoms with van der Waals surface area (Å²) in [6.07, 6.45) is -0.443. The molecule has 0 aliphatic rings. The van der Waals surface area contributed by atoms with Gasteiger partial charge in [0.25, 0.3) is 0 Å². The SMILES string of the molecule is C=CCCC(C)c1cccc(C(F)(F)F)c1-c1cccc(NS(C)(=O)=O)c1. The second kappa shape index (κ2) is 8.17. The standard InChI is InChI=1S/C20H22F3NO2S/c1-4-5-8-14(2)17-11-7-12-18(20(21,22)23)19(17)15-9-6-10-16(13-15)24-27(3,25)26/h4,6-7,9-14,24H,1,5,8H2,2-3H3. The third-order valence-electron chi connectivity index (χ3n) is 4.19. The van der Waals surface area contributed by atoms with E-state index in [0.29, 0.717) is 24.0 Å². The predicted molar refractivity (Wildman–Crippen MR) is 103 cm³/mol. The second-order valence-electron chi connectivity index (χ2n) is 6.49. The van der Waals surface area contributed by atoms with Gasteiger partial charge in [-0.1, -0.05) is 37.3 Å². The second-order valence-corrected chi connectivity index (χ2v) is 8.24. The first-order chi connectivity index (χ1) is 12.5. The molecule has 1 atom stereocenters. The summed E-state index contributed by atoms with van der Waals surface area (Å²) in [7, 11) is -3.54. The predicted octanol–water partition coefficient (Wildman–Crippen LogP) is 5.81. The Hall–Kier alpha value is -2.28. The molecular weight excluding hydrogens is 375 g/mol. The van der Waals surface area contributed by atoms with Gasteiger partial charge in [0.05, 0.1) is 11.8 Å². The highest BCUT2D eigenvalue weighted by Crippen LogP contribution is 2.42. The van der Waals surface area contributed by atoms with Crippen LogP contribution in [-0.4, -0.2) is 14.7 Å². The lowest BCUT2D eigenvalue weighted by atomic mass is 9.86. The molecule has 0 spiro atoms. The quantitative estimate of drug-likeness (QED) is 0.599. The van der Waals surface area contributed by atoms with Gasteiger partial charge in [0, 0.05) is 5.69 Å². The van der Waals surface area contributed by atoms with Crippen molar-refractivity contribution in [2.45, 2.75) is 31.9 Å². The van der Waals surface area contributed by atoms with Gasteiger partial charge in [0.1, 0.15) is 0 Å². The molecule has 0 aromatic heterocycles. The normalized spacial score (nSPS) is 13.2. The van der Waals surface area contributed by atoms with Gasteiger partial charge in [-0.3, -0.25) is 4.72 Å². The van der Waals surface area contributed by atoms with Crippen LogP contribution in [-0.2, 0) is 16.2 Å². The van der Waals surface area contributed by atoms with Crippen LogP contribution in [0, 0.1) is 0 Å². The molecule has 0 radical (unpaired) electrons. The van der Waals surface area contributed by atoms with E-state index in [9.17, 15) is 21.6 Å². The number of allylic oxidation sites excluding steroid dienone is 1. The van der Waals surface area contributed by atoms with E-state index in [1.165, 1.54) is 24.3 Å². The van der Waals surface area contributed by atoms with Gasteiger partial charge >= 0.3 is 6.18 Å². The molecule has 0 aliphatic heterocycles. The number of hydrogen-bond acceptors (Lipinski definition) is 2. The van der Waals surface area contributed by atoms with E-state index in [-0.39, 0.29) is 17.2 Å². The van der Waals surface area contributed by atoms with Crippen LogP contribution in [0.4, 0.5) is 18.9 Å². The third kappa shape index (κ3) is 5.60. The van der Waals surface area contributed by atoms with Crippen molar-refractivity contribution in [2.75, 3.05) is 11.0 Å². The Balaban J connectivity index is 2.66. The summed E-state index contributed by atoms with van der Waals surface area (Å²) in [5, 5.41) is 0. The Bertz CT molecular complexity index is 921. The smallest absolute Gasteiger partial charge is 0.284 e. The number of hydrogen-bond donors (Lipinski definition) is 1. The number of alkyl halides is 3. The molecule has 0 saturated heterocycles. The highest BCUT2D eigenvalue weighted by molar-refractivity contribution is 7.92. The summed E-state index contributed by atoms with van der Waals surface area (Å²) in [5.41, 5.74) is 0.456. The zero-order valence-corrected chi connectivity index (χ0v) is 16.0. The summed E-state index contributed by atoms with van der Waals surface area (Å²) >= 11 is 0. The molecule has 0 heterocycles.